The fourth-order valence-electron chi connectivity index (χ4n) is 4.89. The van der Waals surface area contributed by atoms with E-state index in [-0.39, 0.29) is 0 Å². The van der Waals surface area contributed by atoms with Crippen LogP contribution in [-0.4, -0.2) is 13.0 Å². The molecule has 2 N–H and O–H groups in total. The van der Waals surface area contributed by atoms with E-state index in [1.54, 1.807) is 0 Å². The highest BCUT2D eigenvalue weighted by Gasteiger charge is 2.16. The summed E-state index contributed by atoms with van der Waals surface area (Å²) in [7, 11) is 1.99. The molecule has 150 valence electrons. The number of benzene rings is 5. The van der Waals surface area contributed by atoms with Crippen molar-refractivity contribution >= 4 is 49.7 Å². The molecule has 0 aromatic heterocycles. The summed E-state index contributed by atoms with van der Waals surface area (Å²) in [4.78, 5) is 6.85. The molecule has 0 heterocycles. The van der Waals surface area contributed by atoms with Gasteiger partial charge in [0.15, 0.2) is 0 Å². The Morgan fingerprint density at radius 2 is 1.45 bits per heavy atom. The van der Waals surface area contributed by atoms with Gasteiger partial charge in [-0.05, 0) is 69.8 Å². The van der Waals surface area contributed by atoms with Gasteiger partial charge in [-0.25, -0.2) is 4.99 Å². The summed E-state index contributed by atoms with van der Waals surface area (Å²) in [5, 5.41) is 7.37. The Bertz CT molecular complexity index is 1500. The number of guanidine groups is 1. The van der Waals surface area contributed by atoms with E-state index in [0.29, 0.717) is 5.96 Å². The Morgan fingerprint density at radius 1 is 0.742 bits per heavy atom. The van der Waals surface area contributed by atoms with E-state index < -0.39 is 0 Å². The molecular formula is C28H23N3. The van der Waals surface area contributed by atoms with Crippen molar-refractivity contribution in [3.63, 3.8) is 0 Å². The van der Waals surface area contributed by atoms with Gasteiger partial charge in [0.2, 0.25) is 5.96 Å². The van der Waals surface area contributed by atoms with Crippen molar-refractivity contribution in [2.45, 2.75) is 12.8 Å². The van der Waals surface area contributed by atoms with Crippen LogP contribution < -0.4 is 10.6 Å². The van der Waals surface area contributed by atoms with E-state index in [0.717, 1.165) is 24.2 Å². The Morgan fingerprint density at radius 3 is 2.29 bits per heavy atom. The SMILES string of the molecule is CN(C(N)=Nc1ccc2c3c(cccc13)CC2)c1cccc2cc3ccccc3cc12. The van der Waals surface area contributed by atoms with Gasteiger partial charge in [0.05, 0.1) is 11.4 Å². The number of rotatable bonds is 2. The van der Waals surface area contributed by atoms with Gasteiger partial charge in [-0.15, -0.1) is 0 Å². The number of fused-ring (bicyclic) bond motifs is 2. The fraction of sp³-hybridized carbons (Fsp3) is 0.107. The highest BCUT2D eigenvalue weighted by atomic mass is 15.2. The number of nitrogens with two attached hydrogens (primary N) is 1. The predicted octanol–water partition coefficient (Wildman–Crippen LogP) is 6.33. The minimum Gasteiger partial charge on any atom is -0.369 e. The van der Waals surface area contributed by atoms with E-state index in [2.05, 4.69) is 84.9 Å². The first-order valence-corrected chi connectivity index (χ1v) is 10.7. The lowest BCUT2D eigenvalue weighted by molar-refractivity contribution is 1.02. The molecule has 5 aromatic rings. The van der Waals surface area contributed by atoms with E-state index in [4.69, 9.17) is 10.7 Å². The maximum Gasteiger partial charge on any atom is 0.200 e. The summed E-state index contributed by atoms with van der Waals surface area (Å²) < 4.78 is 0. The summed E-state index contributed by atoms with van der Waals surface area (Å²) in [5.74, 6) is 0.486. The van der Waals surface area contributed by atoms with Crippen molar-refractivity contribution in [3.8, 4) is 0 Å². The lowest BCUT2D eigenvalue weighted by Crippen LogP contribution is -2.33. The zero-order valence-corrected chi connectivity index (χ0v) is 17.5. The predicted molar refractivity (Wildman–Crippen MR) is 132 cm³/mol. The van der Waals surface area contributed by atoms with Crippen LogP contribution in [0.1, 0.15) is 11.1 Å². The average Bonchev–Trinajstić information content (AvgIpc) is 3.23. The smallest absolute Gasteiger partial charge is 0.200 e. The lowest BCUT2D eigenvalue weighted by atomic mass is 10.0. The van der Waals surface area contributed by atoms with Crippen LogP contribution in [0.15, 0.2) is 89.9 Å². The van der Waals surface area contributed by atoms with Crippen molar-refractivity contribution in [2.75, 3.05) is 11.9 Å². The number of aryl methyl sites for hydroxylation is 2. The topological polar surface area (TPSA) is 41.6 Å². The first-order valence-electron chi connectivity index (χ1n) is 10.7. The van der Waals surface area contributed by atoms with Gasteiger partial charge in [-0.2, -0.15) is 0 Å². The zero-order valence-electron chi connectivity index (χ0n) is 17.5. The molecule has 3 nitrogen and oxygen atoms in total. The van der Waals surface area contributed by atoms with Crippen LogP contribution in [-0.2, 0) is 12.8 Å². The Hall–Kier alpha value is -3.85. The van der Waals surface area contributed by atoms with Gasteiger partial charge in [-0.3, -0.25) is 0 Å². The molecule has 0 radical (unpaired) electrons. The first kappa shape index (κ1) is 18.0. The maximum atomic E-state index is 6.54. The molecule has 0 aliphatic heterocycles. The quantitative estimate of drug-likeness (QED) is 0.213. The highest BCUT2D eigenvalue weighted by molar-refractivity contribution is 6.09. The van der Waals surface area contributed by atoms with Gasteiger partial charge in [0.1, 0.15) is 0 Å². The van der Waals surface area contributed by atoms with Gasteiger partial charge < -0.3 is 10.6 Å². The number of nitrogens with zero attached hydrogens (tertiary/aromatic N) is 2. The molecule has 0 bridgehead atoms. The normalized spacial score (nSPS) is 13.4. The molecule has 1 aliphatic rings. The third-order valence-electron chi connectivity index (χ3n) is 6.52. The number of hydrogen-bond donors (Lipinski definition) is 1. The largest absolute Gasteiger partial charge is 0.369 e. The van der Waals surface area contributed by atoms with Crippen molar-refractivity contribution in [3.05, 3.63) is 96.1 Å². The molecule has 5 aromatic carbocycles. The molecule has 0 amide bonds. The number of aliphatic imine (C=N–C) groups is 1. The number of anilines is 1. The molecule has 0 saturated heterocycles. The summed E-state index contributed by atoms with van der Waals surface area (Å²) in [5.41, 5.74) is 11.4. The van der Waals surface area contributed by atoms with Gasteiger partial charge in [-0.1, -0.05) is 60.7 Å². The minimum atomic E-state index is 0.486. The van der Waals surface area contributed by atoms with Crippen LogP contribution >= 0.6 is 0 Å². The van der Waals surface area contributed by atoms with E-state index >= 15 is 0 Å². The maximum absolute atomic E-state index is 6.54. The molecular weight excluding hydrogens is 378 g/mol. The molecule has 6 rings (SSSR count). The van der Waals surface area contributed by atoms with Crippen molar-refractivity contribution in [1.29, 1.82) is 0 Å². The third-order valence-corrected chi connectivity index (χ3v) is 6.52. The lowest BCUT2D eigenvalue weighted by Gasteiger charge is -2.21. The summed E-state index contributed by atoms with van der Waals surface area (Å²) in [6.45, 7) is 0. The second-order valence-corrected chi connectivity index (χ2v) is 8.31. The summed E-state index contributed by atoms with van der Waals surface area (Å²) >= 11 is 0. The average molecular weight is 402 g/mol. The van der Waals surface area contributed by atoms with Gasteiger partial charge in [0, 0.05) is 17.8 Å². The first-order chi connectivity index (χ1) is 15.2. The molecule has 0 spiro atoms. The van der Waals surface area contributed by atoms with Crippen LogP contribution in [0.5, 0.6) is 0 Å². The van der Waals surface area contributed by atoms with Crippen LogP contribution in [0.2, 0.25) is 0 Å². The molecule has 1 aliphatic carbocycles. The molecule has 3 heteroatoms. The molecule has 0 unspecified atom stereocenters. The number of hydrogen-bond acceptors (Lipinski definition) is 1. The van der Waals surface area contributed by atoms with Crippen molar-refractivity contribution < 1.29 is 0 Å². The molecule has 0 fully saturated rings. The van der Waals surface area contributed by atoms with Crippen molar-refractivity contribution in [2.24, 2.45) is 10.7 Å². The van der Waals surface area contributed by atoms with Gasteiger partial charge >= 0.3 is 0 Å². The fourth-order valence-corrected chi connectivity index (χ4v) is 4.89. The summed E-state index contributed by atoms with van der Waals surface area (Å²) in [6.07, 6.45) is 2.22. The Kier molecular flexibility index (Phi) is 3.97. The molecule has 0 saturated carbocycles. The monoisotopic (exact) mass is 401 g/mol. The third kappa shape index (κ3) is 2.85. The standard InChI is InChI=1S/C28H23N3/c1-31(26-11-5-9-22-16-20-6-2-3-7-21(20)17-24(22)26)28(29)30-25-15-14-19-13-12-18-8-4-10-23(25)27(18)19/h2-11,14-17H,12-13H2,1H3,(H2,29,30). The van der Waals surface area contributed by atoms with Crippen LogP contribution in [0, 0.1) is 0 Å². The van der Waals surface area contributed by atoms with Crippen LogP contribution in [0.4, 0.5) is 11.4 Å². The van der Waals surface area contributed by atoms with Crippen LogP contribution in [0.25, 0.3) is 32.3 Å². The Labute approximate surface area is 181 Å². The summed E-state index contributed by atoms with van der Waals surface area (Å²) in [6, 6.07) is 30.1. The van der Waals surface area contributed by atoms with E-state index in [1.807, 2.05) is 11.9 Å². The van der Waals surface area contributed by atoms with E-state index in [1.165, 1.54) is 43.4 Å². The minimum absolute atomic E-state index is 0.486. The van der Waals surface area contributed by atoms with Crippen molar-refractivity contribution in [1.82, 2.24) is 0 Å². The van der Waals surface area contributed by atoms with Crippen LogP contribution in [0.3, 0.4) is 0 Å². The molecule has 31 heavy (non-hydrogen) atoms. The second-order valence-electron chi connectivity index (χ2n) is 8.31. The zero-order chi connectivity index (χ0) is 20.9. The van der Waals surface area contributed by atoms with E-state index in [9.17, 15) is 0 Å². The Balaban J connectivity index is 1.47. The second kappa shape index (κ2) is 6.85. The highest BCUT2D eigenvalue weighted by Crippen LogP contribution is 2.36. The molecule has 0 atom stereocenters. The van der Waals surface area contributed by atoms with Gasteiger partial charge in [0.25, 0.3) is 0 Å².